The summed E-state index contributed by atoms with van der Waals surface area (Å²) >= 11 is 0. The molecule has 1 atom stereocenters. The van der Waals surface area contributed by atoms with Crippen molar-refractivity contribution >= 4 is 18.3 Å². The molecule has 0 radical (unpaired) electrons. The van der Waals surface area contributed by atoms with Gasteiger partial charge < -0.3 is 4.74 Å². The Hall–Kier alpha value is -1.14. The van der Waals surface area contributed by atoms with E-state index in [2.05, 4.69) is 4.90 Å². The molecule has 6 heteroatoms. The van der Waals surface area contributed by atoms with Gasteiger partial charge in [-0.25, -0.2) is 5.84 Å². The van der Waals surface area contributed by atoms with Gasteiger partial charge in [0.2, 0.25) is 0 Å². The molecule has 0 aromatic heterocycles. The lowest BCUT2D eigenvalue weighted by Gasteiger charge is -2.34. The van der Waals surface area contributed by atoms with Crippen LogP contribution in [0.1, 0.15) is 11.6 Å². The molecule has 1 saturated heterocycles. The Labute approximate surface area is 119 Å². The van der Waals surface area contributed by atoms with E-state index in [1.54, 1.807) is 7.05 Å². The minimum Gasteiger partial charge on any atom is -0.379 e. The Kier molecular flexibility index (Phi) is 6.24. The van der Waals surface area contributed by atoms with Crippen LogP contribution in [-0.4, -0.2) is 49.2 Å². The average molecular weight is 286 g/mol. The third kappa shape index (κ3) is 3.91. The summed E-state index contributed by atoms with van der Waals surface area (Å²) in [4.78, 5) is 14.4. The predicted molar refractivity (Wildman–Crippen MR) is 75.8 cm³/mol. The molecule has 1 aliphatic heterocycles. The number of morpholine rings is 1. The number of hydrogen-bond donors (Lipinski definition) is 1. The first-order valence-corrected chi connectivity index (χ1v) is 6.09. The first-order chi connectivity index (χ1) is 8.70. The third-order valence-corrected chi connectivity index (χ3v) is 3.11. The van der Waals surface area contributed by atoms with Gasteiger partial charge in [-0.3, -0.25) is 14.7 Å². The van der Waals surface area contributed by atoms with Crippen molar-refractivity contribution in [1.82, 2.24) is 9.91 Å². The lowest BCUT2D eigenvalue weighted by atomic mass is 10.0. The van der Waals surface area contributed by atoms with Gasteiger partial charge in [0.1, 0.15) is 6.04 Å². The highest BCUT2D eigenvalue weighted by Crippen LogP contribution is 2.23. The second-order valence-corrected chi connectivity index (χ2v) is 4.41. The topological polar surface area (TPSA) is 58.8 Å². The Morgan fingerprint density at radius 2 is 1.89 bits per heavy atom. The zero-order chi connectivity index (χ0) is 13.0. The second kappa shape index (κ2) is 7.45. The molecule has 5 nitrogen and oxygen atoms in total. The molecule has 1 heterocycles. The lowest BCUT2D eigenvalue weighted by molar-refractivity contribution is -0.138. The van der Waals surface area contributed by atoms with Gasteiger partial charge in [0.05, 0.1) is 13.2 Å². The lowest BCUT2D eigenvalue weighted by Crippen LogP contribution is -2.48. The molecule has 2 N–H and O–H groups in total. The maximum atomic E-state index is 12.3. The number of rotatable bonds is 3. The maximum absolute atomic E-state index is 12.3. The maximum Gasteiger partial charge on any atom is 0.258 e. The highest BCUT2D eigenvalue weighted by Gasteiger charge is 2.30. The van der Waals surface area contributed by atoms with Crippen molar-refractivity contribution in [2.45, 2.75) is 6.04 Å². The quantitative estimate of drug-likeness (QED) is 0.507. The number of halogens is 1. The van der Waals surface area contributed by atoms with E-state index in [1.165, 1.54) is 0 Å². The Balaban J connectivity index is 0.00000180. The van der Waals surface area contributed by atoms with Gasteiger partial charge in [-0.2, -0.15) is 0 Å². The van der Waals surface area contributed by atoms with E-state index in [9.17, 15) is 4.79 Å². The number of hydrogen-bond acceptors (Lipinski definition) is 4. The number of nitrogens with two attached hydrogens (primary N) is 1. The molecule has 1 amide bonds. The average Bonchev–Trinajstić information content (AvgIpc) is 2.41. The Bertz CT molecular complexity index is 394. The number of likely N-dealkylation sites (N-methyl/N-ethyl adjacent to an activating group) is 1. The molecule has 1 aromatic rings. The summed E-state index contributed by atoms with van der Waals surface area (Å²) in [5, 5.41) is 1.16. The van der Waals surface area contributed by atoms with Gasteiger partial charge in [0.15, 0.2) is 0 Å². The summed E-state index contributed by atoms with van der Waals surface area (Å²) < 4.78 is 5.33. The van der Waals surface area contributed by atoms with Crippen LogP contribution in [0.25, 0.3) is 0 Å². The summed E-state index contributed by atoms with van der Waals surface area (Å²) in [5.41, 5.74) is 0.974. The van der Waals surface area contributed by atoms with Crippen LogP contribution in [0.3, 0.4) is 0 Å². The molecule has 0 bridgehead atoms. The number of carbonyl (C=O) groups excluding carboxylic acids is 1. The van der Waals surface area contributed by atoms with Gasteiger partial charge in [-0.15, -0.1) is 12.4 Å². The van der Waals surface area contributed by atoms with E-state index < -0.39 is 0 Å². The number of carbonyl (C=O) groups is 1. The van der Waals surface area contributed by atoms with E-state index in [4.69, 9.17) is 10.6 Å². The molecule has 1 aromatic carbocycles. The molecule has 0 spiro atoms. The van der Waals surface area contributed by atoms with Crippen molar-refractivity contribution < 1.29 is 9.53 Å². The zero-order valence-corrected chi connectivity index (χ0v) is 11.8. The predicted octanol–water partition coefficient (Wildman–Crippen LogP) is 0.814. The van der Waals surface area contributed by atoms with E-state index in [0.29, 0.717) is 13.2 Å². The standard InChI is InChI=1S/C13H19N3O2.ClH/c1-15(14)13(17)12(11-5-3-2-4-6-11)16-7-9-18-10-8-16;/h2-6,12H,7-10,14H2,1H3;1H/t12-;/m0./s1. The number of benzene rings is 1. The first-order valence-electron chi connectivity index (χ1n) is 6.09. The van der Waals surface area contributed by atoms with Crippen molar-refractivity contribution in [3.8, 4) is 0 Å². The van der Waals surface area contributed by atoms with Crippen LogP contribution in [0, 0.1) is 0 Å². The van der Waals surface area contributed by atoms with Gasteiger partial charge in [0.25, 0.3) is 5.91 Å². The molecule has 106 valence electrons. The Morgan fingerprint density at radius 3 is 2.42 bits per heavy atom. The molecule has 0 unspecified atom stereocenters. The van der Waals surface area contributed by atoms with Crippen LogP contribution >= 0.6 is 12.4 Å². The molecule has 1 fully saturated rings. The number of hydrazine groups is 1. The minimum atomic E-state index is -0.315. The van der Waals surface area contributed by atoms with Gasteiger partial charge >= 0.3 is 0 Å². The SMILES string of the molecule is CN(N)C(=O)[C@H](c1ccccc1)N1CCOCC1.Cl. The van der Waals surface area contributed by atoms with Gasteiger partial charge in [-0.05, 0) is 5.56 Å². The van der Waals surface area contributed by atoms with Crippen LogP contribution in [0.4, 0.5) is 0 Å². The number of amides is 1. The van der Waals surface area contributed by atoms with Crippen molar-refractivity contribution in [1.29, 1.82) is 0 Å². The molecular formula is C13H20ClN3O2. The fraction of sp³-hybridized carbons (Fsp3) is 0.462. The molecule has 19 heavy (non-hydrogen) atoms. The summed E-state index contributed by atoms with van der Waals surface area (Å²) in [7, 11) is 1.58. The van der Waals surface area contributed by atoms with E-state index in [0.717, 1.165) is 23.7 Å². The summed E-state index contributed by atoms with van der Waals surface area (Å²) in [6.07, 6.45) is 0. The molecule has 2 rings (SSSR count). The second-order valence-electron chi connectivity index (χ2n) is 4.41. The Morgan fingerprint density at radius 1 is 1.32 bits per heavy atom. The third-order valence-electron chi connectivity index (χ3n) is 3.11. The fourth-order valence-corrected chi connectivity index (χ4v) is 2.17. The largest absolute Gasteiger partial charge is 0.379 e. The van der Waals surface area contributed by atoms with Crippen LogP contribution in [0.15, 0.2) is 30.3 Å². The first kappa shape index (κ1) is 15.9. The fourth-order valence-electron chi connectivity index (χ4n) is 2.17. The smallest absolute Gasteiger partial charge is 0.258 e. The monoisotopic (exact) mass is 285 g/mol. The molecular weight excluding hydrogens is 266 g/mol. The van der Waals surface area contributed by atoms with Crippen molar-refractivity contribution in [2.24, 2.45) is 5.84 Å². The zero-order valence-electron chi connectivity index (χ0n) is 11.0. The van der Waals surface area contributed by atoms with Crippen molar-refractivity contribution in [3.05, 3.63) is 35.9 Å². The van der Waals surface area contributed by atoms with E-state index >= 15 is 0 Å². The molecule has 1 aliphatic rings. The summed E-state index contributed by atoms with van der Waals surface area (Å²) in [6, 6.07) is 9.42. The van der Waals surface area contributed by atoms with Crippen LogP contribution in [-0.2, 0) is 9.53 Å². The molecule has 0 aliphatic carbocycles. The highest BCUT2D eigenvalue weighted by molar-refractivity contribution is 5.85. The van der Waals surface area contributed by atoms with Crippen LogP contribution < -0.4 is 5.84 Å². The van der Waals surface area contributed by atoms with Crippen molar-refractivity contribution in [2.75, 3.05) is 33.4 Å². The summed E-state index contributed by atoms with van der Waals surface area (Å²) in [6.45, 7) is 2.81. The van der Waals surface area contributed by atoms with Crippen molar-refractivity contribution in [3.63, 3.8) is 0 Å². The normalized spacial score (nSPS) is 17.4. The minimum absolute atomic E-state index is 0. The molecule has 0 saturated carbocycles. The number of nitrogens with zero attached hydrogens (tertiary/aromatic N) is 2. The number of ether oxygens (including phenoxy) is 1. The van der Waals surface area contributed by atoms with Gasteiger partial charge in [-0.1, -0.05) is 30.3 Å². The van der Waals surface area contributed by atoms with Gasteiger partial charge in [0, 0.05) is 20.1 Å². The van der Waals surface area contributed by atoms with E-state index in [1.807, 2.05) is 30.3 Å². The van der Waals surface area contributed by atoms with Crippen LogP contribution in [0.2, 0.25) is 0 Å². The highest BCUT2D eigenvalue weighted by atomic mass is 35.5. The summed E-state index contributed by atoms with van der Waals surface area (Å²) in [5.74, 6) is 5.51. The van der Waals surface area contributed by atoms with E-state index in [-0.39, 0.29) is 24.4 Å². The van der Waals surface area contributed by atoms with Crippen LogP contribution in [0.5, 0.6) is 0 Å².